The van der Waals surface area contributed by atoms with Crippen LogP contribution in [0.15, 0.2) is 72.8 Å². The molecule has 2 bridgehead atoms. The van der Waals surface area contributed by atoms with Crippen molar-refractivity contribution in [1.29, 1.82) is 0 Å². The molecule has 2 fully saturated rings. The molecular formula is C31H37NO6. The van der Waals surface area contributed by atoms with Crippen molar-refractivity contribution in [2.75, 3.05) is 33.9 Å². The Hall–Kier alpha value is -3.00. The predicted octanol–water partition coefficient (Wildman–Crippen LogP) is 3.56. The van der Waals surface area contributed by atoms with E-state index in [0.717, 1.165) is 17.5 Å². The summed E-state index contributed by atoms with van der Waals surface area (Å²) < 4.78 is 16.7. The molecule has 0 amide bonds. The first-order valence-electron chi connectivity index (χ1n) is 13.5. The highest BCUT2D eigenvalue weighted by molar-refractivity contribution is 5.84. The molecule has 38 heavy (non-hydrogen) atoms. The molecule has 1 saturated carbocycles. The summed E-state index contributed by atoms with van der Waals surface area (Å²) in [6.07, 6.45) is 6.05. The zero-order valence-electron chi connectivity index (χ0n) is 22.1. The Kier molecular flexibility index (Phi) is 7.98. The fourth-order valence-electron chi connectivity index (χ4n) is 6.68. The number of hydrogen-bond donors (Lipinski definition) is 1. The minimum Gasteiger partial charge on any atom is -0.469 e. The first kappa shape index (κ1) is 26.6. The molecule has 7 nitrogen and oxygen atoms in total. The maximum absolute atomic E-state index is 12.8. The normalized spacial score (nSPS) is 28.5. The number of benzene rings is 2. The number of likely N-dealkylation sites (N-methyl/N-ethyl adjacent to an activating group) is 1. The van der Waals surface area contributed by atoms with Crippen LogP contribution in [0.2, 0.25) is 0 Å². The lowest BCUT2D eigenvalue weighted by Crippen LogP contribution is -2.46. The van der Waals surface area contributed by atoms with E-state index < -0.39 is 17.4 Å². The van der Waals surface area contributed by atoms with Crippen LogP contribution in [0, 0.1) is 23.7 Å². The number of carbonyl (C=O) groups is 2. The van der Waals surface area contributed by atoms with E-state index in [0.29, 0.717) is 26.0 Å². The summed E-state index contributed by atoms with van der Waals surface area (Å²) in [4.78, 5) is 27.2. The van der Waals surface area contributed by atoms with Gasteiger partial charge in [0.1, 0.15) is 5.60 Å². The Morgan fingerprint density at radius 2 is 1.47 bits per heavy atom. The number of fused-ring (bicyclic) bond motifs is 2. The smallest absolute Gasteiger partial charge is 0.310 e. The van der Waals surface area contributed by atoms with Crippen molar-refractivity contribution in [2.24, 2.45) is 23.7 Å². The van der Waals surface area contributed by atoms with Gasteiger partial charge in [-0.3, -0.25) is 14.5 Å². The molecular weight excluding hydrogens is 482 g/mol. The Bertz CT molecular complexity index is 1100. The van der Waals surface area contributed by atoms with Gasteiger partial charge >= 0.3 is 11.9 Å². The molecule has 2 aliphatic carbocycles. The number of rotatable bonds is 10. The molecule has 1 heterocycles. The van der Waals surface area contributed by atoms with Gasteiger partial charge in [0, 0.05) is 19.0 Å². The standard InChI is InChI=1S/C31H37NO6/c1-32-20-25(19-26(32)31(35,23-10-5-3-6-11-23)24-12-7-4-8-13-24)37-16-9-17-38-30(34)28-22-15-14-21(18-22)27(28)29(33)36-2/h3-8,10-15,21-22,25-28,35H,9,16-20H2,1-2H3/t21-,22+,25-,26+,27-,28+/m1/s1. The summed E-state index contributed by atoms with van der Waals surface area (Å²) in [5, 5.41) is 12.1. The molecule has 1 saturated heterocycles. The summed E-state index contributed by atoms with van der Waals surface area (Å²) >= 11 is 0. The van der Waals surface area contributed by atoms with Crippen LogP contribution in [0.5, 0.6) is 0 Å². The molecule has 2 aromatic rings. The van der Waals surface area contributed by atoms with Crippen LogP contribution in [0.25, 0.3) is 0 Å². The maximum atomic E-state index is 12.8. The third kappa shape index (κ3) is 5.03. The Balaban J connectivity index is 1.14. The Labute approximate surface area is 224 Å². The Morgan fingerprint density at radius 3 is 2.05 bits per heavy atom. The number of nitrogens with zero attached hydrogens (tertiary/aromatic N) is 1. The SMILES string of the molecule is COC(=O)[C@H]1[C@@H](C(=O)OCCCO[C@@H]2C[C@@H](C(O)(c3ccccc3)c3ccccc3)N(C)C2)[C@H]2C=C[C@@H]1C2. The third-order valence-electron chi connectivity index (χ3n) is 8.51. The number of methoxy groups -OCH3 is 1. The molecule has 6 atom stereocenters. The van der Waals surface area contributed by atoms with E-state index in [9.17, 15) is 14.7 Å². The number of aliphatic hydroxyl groups is 1. The number of likely N-dealkylation sites (tertiary alicyclic amines) is 1. The largest absolute Gasteiger partial charge is 0.469 e. The summed E-state index contributed by atoms with van der Waals surface area (Å²) in [7, 11) is 3.39. The highest BCUT2D eigenvalue weighted by Crippen LogP contribution is 2.49. The average molecular weight is 520 g/mol. The van der Waals surface area contributed by atoms with Crippen LogP contribution in [0.4, 0.5) is 0 Å². The van der Waals surface area contributed by atoms with Crippen molar-refractivity contribution in [3.63, 3.8) is 0 Å². The summed E-state index contributed by atoms with van der Waals surface area (Å²) in [6, 6.07) is 19.4. The second-order valence-electron chi connectivity index (χ2n) is 10.7. The highest BCUT2D eigenvalue weighted by Gasteiger charge is 2.53. The van der Waals surface area contributed by atoms with Gasteiger partial charge in [-0.15, -0.1) is 0 Å². The number of esters is 2. The van der Waals surface area contributed by atoms with Crippen LogP contribution in [0.1, 0.15) is 30.4 Å². The van der Waals surface area contributed by atoms with Gasteiger partial charge in [0.15, 0.2) is 0 Å². The molecule has 1 N–H and O–H groups in total. The fourth-order valence-corrected chi connectivity index (χ4v) is 6.68. The van der Waals surface area contributed by atoms with Crippen LogP contribution in [-0.4, -0.2) is 68.0 Å². The first-order valence-corrected chi connectivity index (χ1v) is 13.5. The molecule has 2 aromatic carbocycles. The van der Waals surface area contributed by atoms with Crippen molar-refractivity contribution < 1.29 is 28.9 Å². The van der Waals surface area contributed by atoms with Crippen molar-refractivity contribution in [2.45, 2.75) is 37.0 Å². The number of hydrogen-bond acceptors (Lipinski definition) is 7. The van der Waals surface area contributed by atoms with E-state index in [4.69, 9.17) is 14.2 Å². The van der Waals surface area contributed by atoms with Gasteiger partial charge in [-0.25, -0.2) is 0 Å². The predicted molar refractivity (Wildman–Crippen MR) is 142 cm³/mol. The molecule has 1 aliphatic heterocycles. The lowest BCUT2D eigenvalue weighted by molar-refractivity contribution is -0.160. The molecule has 5 rings (SSSR count). The minimum atomic E-state index is -1.17. The van der Waals surface area contributed by atoms with Crippen molar-refractivity contribution in [1.82, 2.24) is 4.90 Å². The molecule has 202 valence electrons. The average Bonchev–Trinajstić information content (AvgIpc) is 3.68. The van der Waals surface area contributed by atoms with Gasteiger partial charge in [0.05, 0.1) is 38.3 Å². The highest BCUT2D eigenvalue weighted by atomic mass is 16.5. The molecule has 0 unspecified atom stereocenters. The Morgan fingerprint density at radius 1 is 0.895 bits per heavy atom. The van der Waals surface area contributed by atoms with Crippen LogP contribution >= 0.6 is 0 Å². The zero-order valence-corrected chi connectivity index (χ0v) is 22.1. The third-order valence-corrected chi connectivity index (χ3v) is 8.51. The van der Waals surface area contributed by atoms with Gasteiger partial charge in [-0.1, -0.05) is 72.8 Å². The maximum Gasteiger partial charge on any atom is 0.310 e. The molecule has 3 aliphatic rings. The van der Waals surface area contributed by atoms with Crippen LogP contribution in [0.3, 0.4) is 0 Å². The first-order chi connectivity index (χ1) is 18.4. The lowest BCUT2D eigenvalue weighted by Gasteiger charge is -2.38. The quantitative estimate of drug-likeness (QED) is 0.292. The summed E-state index contributed by atoms with van der Waals surface area (Å²) in [5.74, 6) is -1.46. The second-order valence-corrected chi connectivity index (χ2v) is 10.7. The number of ether oxygens (including phenoxy) is 3. The lowest BCUT2D eigenvalue weighted by atomic mass is 9.79. The van der Waals surface area contributed by atoms with E-state index in [1.54, 1.807) is 0 Å². The minimum absolute atomic E-state index is 0.0425. The van der Waals surface area contributed by atoms with Crippen LogP contribution < -0.4 is 0 Å². The fraction of sp³-hybridized carbons (Fsp3) is 0.484. The molecule has 0 spiro atoms. The monoisotopic (exact) mass is 519 g/mol. The van der Waals surface area contributed by atoms with E-state index in [1.165, 1.54) is 7.11 Å². The summed E-state index contributed by atoms with van der Waals surface area (Å²) in [6.45, 7) is 1.39. The van der Waals surface area contributed by atoms with Crippen molar-refractivity contribution >= 4 is 11.9 Å². The molecule has 0 aromatic heterocycles. The number of allylic oxidation sites excluding steroid dienone is 2. The van der Waals surface area contributed by atoms with Gasteiger partial charge < -0.3 is 19.3 Å². The van der Waals surface area contributed by atoms with Crippen LogP contribution in [-0.2, 0) is 29.4 Å². The topological polar surface area (TPSA) is 85.3 Å². The van der Waals surface area contributed by atoms with Crippen molar-refractivity contribution in [3.8, 4) is 0 Å². The van der Waals surface area contributed by atoms with Crippen molar-refractivity contribution in [3.05, 3.63) is 83.9 Å². The zero-order chi connectivity index (χ0) is 26.7. The van der Waals surface area contributed by atoms with Gasteiger partial charge in [0.25, 0.3) is 0 Å². The van der Waals surface area contributed by atoms with Gasteiger partial charge in [-0.2, -0.15) is 0 Å². The molecule has 0 radical (unpaired) electrons. The van der Waals surface area contributed by atoms with E-state index in [2.05, 4.69) is 4.90 Å². The number of carbonyl (C=O) groups excluding carboxylic acids is 2. The second kappa shape index (κ2) is 11.4. The van der Waals surface area contributed by atoms with Gasteiger partial charge in [0.2, 0.25) is 0 Å². The van der Waals surface area contributed by atoms with E-state index in [1.807, 2.05) is 79.9 Å². The molecule has 7 heteroatoms. The van der Waals surface area contributed by atoms with Gasteiger partial charge in [-0.05, 0) is 42.9 Å². The van der Waals surface area contributed by atoms with E-state index >= 15 is 0 Å². The van der Waals surface area contributed by atoms with E-state index in [-0.39, 0.29) is 42.5 Å². The summed E-state index contributed by atoms with van der Waals surface area (Å²) in [5.41, 5.74) is 0.545.